The summed E-state index contributed by atoms with van der Waals surface area (Å²) in [5.41, 5.74) is 0.984. The van der Waals surface area contributed by atoms with Gasteiger partial charge in [-0.1, -0.05) is 12.1 Å². The lowest BCUT2D eigenvalue weighted by Gasteiger charge is -2.03. The standard InChI is InChI=1S/C9H6Cl2O2/c1-5-3-2-4-6(8(10)12)7(5)9(11)13/h2-4H,1H3. The van der Waals surface area contributed by atoms with E-state index in [-0.39, 0.29) is 11.1 Å². The zero-order valence-electron chi connectivity index (χ0n) is 6.80. The predicted octanol–water partition coefficient (Wildman–Crippen LogP) is 2.75. The Kier molecular flexibility index (Phi) is 3.07. The van der Waals surface area contributed by atoms with Crippen molar-refractivity contribution >= 4 is 33.7 Å². The summed E-state index contributed by atoms with van der Waals surface area (Å²) >= 11 is 10.6. The van der Waals surface area contributed by atoms with E-state index >= 15 is 0 Å². The molecule has 0 heterocycles. The van der Waals surface area contributed by atoms with Crippen LogP contribution in [0.4, 0.5) is 0 Å². The van der Waals surface area contributed by atoms with E-state index in [9.17, 15) is 9.59 Å². The number of carbonyl (C=O) groups excluding carboxylic acids is 2. The van der Waals surface area contributed by atoms with Gasteiger partial charge in [-0.25, -0.2) is 0 Å². The molecule has 0 saturated heterocycles. The first-order valence-electron chi connectivity index (χ1n) is 3.53. The van der Waals surface area contributed by atoms with Crippen molar-refractivity contribution in [2.24, 2.45) is 0 Å². The van der Waals surface area contributed by atoms with E-state index in [4.69, 9.17) is 23.2 Å². The number of rotatable bonds is 2. The Hall–Kier alpha value is -0.860. The van der Waals surface area contributed by atoms with Gasteiger partial charge in [0.2, 0.25) is 0 Å². The molecule has 0 radical (unpaired) electrons. The molecule has 13 heavy (non-hydrogen) atoms. The van der Waals surface area contributed by atoms with Gasteiger partial charge >= 0.3 is 0 Å². The van der Waals surface area contributed by atoms with E-state index in [2.05, 4.69) is 0 Å². The van der Waals surface area contributed by atoms with Gasteiger partial charge in [-0.2, -0.15) is 0 Å². The predicted molar refractivity (Wildman–Crippen MR) is 51.5 cm³/mol. The van der Waals surface area contributed by atoms with Crippen molar-refractivity contribution in [1.82, 2.24) is 0 Å². The summed E-state index contributed by atoms with van der Waals surface area (Å²) in [6.07, 6.45) is 0. The van der Waals surface area contributed by atoms with E-state index in [0.29, 0.717) is 5.56 Å². The molecule has 0 amide bonds. The van der Waals surface area contributed by atoms with E-state index in [1.54, 1.807) is 19.1 Å². The maximum absolute atomic E-state index is 10.9. The third-order valence-electron chi connectivity index (χ3n) is 1.68. The molecule has 0 atom stereocenters. The first-order chi connectivity index (χ1) is 6.04. The van der Waals surface area contributed by atoms with Crippen molar-refractivity contribution in [3.63, 3.8) is 0 Å². The van der Waals surface area contributed by atoms with Gasteiger partial charge in [-0.3, -0.25) is 9.59 Å². The van der Waals surface area contributed by atoms with Crippen molar-refractivity contribution in [2.45, 2.75) is 6.92 Å². The molecule has 1 aromatic rings. The molecule has 0 fully saturated rings. The summed E-state index contributed by atoms with van der Waals surface area (Å²) in [4.78, 5) is 21.8. The van der Waals surface area contributed by atoms with Crippen LogP contribution in [0.25, 0.3) is 0 Å². The summed E-state index contributed by atoms with van der Waals surface area (Å²) < 4.78 is 0. The topological polar surface area (TPSA) is 34.1 Å². The molecule has 4 heteroatoms. The highest BCUT2D eigenvalue weighted by molar-refractivity contribution is 6.72. The molecule has 0 aromatic heterocycles. The lowest BCUT2D eigenvalue weighted by atomic mass is 10.0. The van der Waals surface area contributed by atoms with Crippen LogP contribution in [0.5, 0.6) is 0 Å². The Morgan fingerprint density at radius 1 is 1.15 bits per heavy atom. The quantitative estimate of drug-likeness (QED) is 0.713. The molecular weight excluding hydrogens is 211 g/mol. The second-order valence-corrected chi connectivity index (χ2v) is 3.23. The normalized spacial score (nSPS) is 9.77. The maximum atomic E-state index is 10.9. The SMILES string of the molecule is Cc1cccc(C(=O)Cl)c1C(=O)Cl. The molecule has 0 saturated carbocycles. The van der Waals surface area contributed by atoms with Crippen LogP contribution in [0, 0.1) is 6.92 Å². The van der Waals surface area contributed by atoms with Crippen molar-refractivity contribution in [1.29, 1.82) is 0 Å². The van der Waals surface area contributed by atoms with Crippen molar-refractivity contribution in [2.75, 3.05) is 0 Å². The van der Waals surface area contributed by atoms with Gasteiger partial charge in [0.05, 0.1) is 0 Å². The fourth-order valence-corrected chi connectivity index (χ4v) is 1.50. The first kappa shape index (κ1) is 10.2. The molecule has 0 aliphatic heterocycles. The second kappa shape index (κ2) is 3.90. The first-order valence-corrected chi connectivity index (χ1v) is 4.29. The Morgan fingerprint density at radius 2 is 1.77 bits per heavy atom. The monoisotopic (exact) mass is 216 g/mol. The van der Waals surface area contributed by atoms with Crippen molar-refractivity contribution in [3.05, 3.63) is 34.9 Å². The number of benzene rings is 1. The van der Waals surface area contributed by atoms with Gasteiger partial charge in [0.1, 0.15) is 0 Å². The molecule has 0 spiro atoms. The van der Waals surface area contributed by atoms with Gasteiger partial charge < -0.3 is 0 Å². The summed E-state index contributed by atoms with van der Waals surface area (Å²) in [6.45, 7) is 1.69. The molecule has 1 aromatic carbocycles. The van der Waals surface area contributed by atoms with Crippen LogP contribution in [-0.4, -0.2) is 10.5 Å². The van der Waals surface area contributed by atoms with E-state index in [1.807, 2.05) is 0 Å². The van der Waals surface area contributed by atoms with Gasteiger partial charge in [0, 0.05) is 11.1 Å². The van der Waals surface area contributed by atoms with E-state index in [1.165, 1.54) is 6.07 Å². The number of carbonyl (C=O) groups is 2. The summed E-state index contributed by atoms with van der Waals surface area (Å²) in [6, 6.07) is 4.81. The average Bonchev–Trinajstić information content (AvgIpc) is 2.02. The smallest absolute Gasteiger partial charge is 0.253 e. The second-order valence-electron chi connectivity index (χ2n) is 2.54. The molecule has 1 rings (SSSR count). The highest BCUT2D eigenvalue weighted by Gasteiger charge is 2.15. The minimum Gasteiger partial charge on any atom is -0.276 e. The minimum atomic E-state index is -0.673. The summed E-state index contributed by atoms with van der Waals surface area (Å²) in [7, 11) is 0. The van der Waals surface area contributed by atoms with E-state index < -0.39 is 10.5 Å². The van der Waals surface area contributed by atoms with Gasteiger partial charge in [-0.15, -0.1) is 0 Å². The maximum Gasteiger partial charge on any atom is 0.253 e. The Morgan fingerprint density at radius 3 is 2.15 bits per heavy atom. The molecule has 0 N–H and O–H groups in total. The largest absolute Gasteiger partial charge is 0.276 e. The van der Waals surface area contributed by atoms with Crippen LogP contribution in [0.3, 0.4) is 0 Å². The van der Waals surface area contributed by atoms with Crippen LogP contribution in [0.1, 0.15) is 26.3 Å². The third kappa shape index (κ3) is 2.08. The van der Waals surface area contributed by atoms with Crippen molar-refractivity contribution < 1.29 is 9.59 Å². The van der Waals surface area contributed by atoms with Crippen LogP contribution in [-0.2, 0) is 0 Å². The fraction of sp³-hybridized carbons (Fsp3) is 0.111. The zero-order chi connectivity index (χ0) is 10.0. The Bertz CT molecular complexity index is 372. The molecule has 68 valence electrons. The van der Waals surface area contributed by atoms with Gasteiger partial charge in [-0.05, 0) is 41.8 Å². The van der Waals surface area contributed by atoms with Gasteiger partial charge in [0.25, 0.3) is 10.5 Å². The van der Waals surface area contributed by atoms with Crippen LogP contribution < -0.4 is 0 Å². The summed E-state index contributed by atoms with van der Waals surface area (Å²) in [5, 5.41) is -1.34. The van der Waals surface area contributed by atoms with Gasteiger partial charge in [0.15, 0.2) is 0 Å². The lowest BCUT2D eigenvalue weighted by molar-refractivity contribution is 0.105. The van der Waals surface area contributed by atoms with Crippen LogP contribution in [0.2, 0.25) is 0 Å². The molecule has 0 bridgehead atoms. The lowest BCUT2D eigenvalue weighted by Crippen LogP contribution is -2.03. The minimum absolute atomic E-state index is 0.154. The summed E-state index contributed by atoms with van der Waals surface area (Å²) in [5.74, 6) is 0. The number of halogens is 2. The molecule has 0 unspecified atom stereocenters. The highest BCUT2D eigenvalue weighted by Crippen LogP contribution is 2.18. The van der Waals surface area contributed by atoms with E-state index in [0.717, 1.165) is 0 Å². The number of hydrogen-bond donors (Lipinski definition) is 0. The Balaban J connectivity index is 3.43. The fourth-order valence-electron chi connectivity index (χ4n) is 1.09. The van der Waals surface area contributed by atoms with Crippen LogP contribution in [0.15, 0.2) is 18.2 Å². The molecule has 2 nitrogen and oxygen atoms in total. The highest BCUT2D eigenvalue weighted by atomic mass is 35.5. The third-order valence-corrected chi connectivity index (χ3v) is 2.07. The average molecular weight is 217 g/mol. The van der Waals surface area contributed by atoms with Crippen molar-refractivity contribution in [3.8, 4) is 0 Å². The molecular formula is C9H6Cl2O2. The zero-order valence-corrected chi connectivity index (χ0v) is 8.32. The Labute approximate surface area is 85.5 Å². The van der Waals surface area contributed by atoms with Crippen LogP contribution >= 0.6 is 23.2 Å². The molecule has 0 aliphatic carbocycles. The number of hydrogen-bond acceptors (Lipinski definition) is 2. The molecule has 0 aliphatic rings. The number of aryl methyl sites for hydroxylation is 1.